The number of hydrogen-bond acceptors (Lipinski definition) is 5. The van der Waals surface area contributed by atoms with Crippen LogP contribution in [0, 0.1) is 12.3 Å². The van der Waals surface area contributed by atoms with E-state index >= 15 is 0 Å². The zero-order chi connectivity index (χ0) is 21.0. The first-order chi connectivity index (χ1) is 13.5. The molecule has 1 atom stereocenters. The van der Waals surface area contributed by atoms with Crippen LogP contribution in [0.15, 0.2) is 29.6 Å². The van der Waals surface area contributed by atoms with E-state index in [0.29, 0.717) is 12.3 Å². The van der Waals surface area contributed by atoms with Crippen LogP contribution in [-0.4, -0.2) is 38.7 Å². The van der Waals surface area contributed by atoms with Gasteiger partial charge in [-0.05, 0) is 47.5 Å². The third-order valence-corrected chi connectivity index (χ3v) is 6.90. The molecule has 1 aromatic carbocycles. The lowest BCUT2D eigenvalue weighted by Gasteiger charge is -2.48. The number of amidine groups is 1. The summed E-state index contributed by atoms with van der Waals surface area (Å²) >= 11 is 1.56. The molecule has 0 spiro atoms. The van der Waals surface area contributed by atoms with Crippen LogP contribution in [0.3, 0.4) is 0 Å². The number of benzene rings is 1. The molecule has 0 radical (unpaired) electrons. The van der Waals surface area contributed by atoms with Crippen molar-refractivity contribution >= 4 is 23.1 Å². The topological polar surface area (TPSA) is 69.1 Å². The molecule has 0 saturated carbocycles. The number of likely N-dealkylation sites (tertiary alicyclic amines) is 1. The highest BCUT2D eigenvalue weighted by Gasteiger charge is 2.47. The number of thiazole rings is 1. The van der Waals surface area contributed by atoms with Crippen LogP contribution >= 0.6 is 11.3 Å². The molecular weight excluding hydrogens is 380 g/mol. The zero-order valence-corrected chi connectivity index (χ0v) is 18.7. The van der Waals surface area contributed by atoms with Crippen molar-refractivity contribution < 1.29 is 4.79 Å². The molecule has 2 aliphatic heterocycles. The summed E-state index contributed by atoms with van der Waals surface area (Å²) in [4.78, 5) is 19.5. The minimum Gasteiger partial charge on any atom is -0.307 e. The number of rotatable bonds is 3. The lowest BCUT2D eigenvalue weighted by atomic mass is 9.79. The van der Waals surface area contributed by atoms with Gasteiger partial charge in [-0.25, -0.2) is 4.98 Å². The van der Waals surface area contributed by atoms with Crippen molar-refractivity contribution in [3.63, 3.8) is 0 Å². The molecule has 2 saturated heterocycles. The van der Waals surface area contributed by atoms with E-state index in [2.05, 4.69) is 64.2 Å². The maximum Gasteiger partial charge on any atom is 0.229 e. The average Bonchev–Trinajstić information content (AvgIpc) is 3.17. The fourth-order valence-corrected chi connectivity index (χ4v) is 5.96. The van der Waals surface area contributed by atoms with Gasteiger partial charge in [0.1, 0.15) is 10.8 Å². The molecule has 5 nitrogen and oxygen atoms in total. The average molecular weight is 411 g/mol. The molecule has 4 rings (SSSR count). The Morgan fingerprint density at radius 1 is 1.14 bits per heavy atom. The molecule has 0 bridgehead atoms. The summed E-state index contributed by atoms with van der Waals surface area (Å²) in [5.41, 5.74) is 3.09. The van der Waals surface area contributed by atoms with E-state index in [9.17, 15) is 4.79 Å². The Bertz CT molecular complexity index is 928. The molecule has 0 aliphatic carbocycles. The van der Waals surface area contributed by atoms with E-state index in [-0.39, 0.29) is 28.9 Å². The second kappa shape index (κ2) is 7.03. The Morgan fingerprint density at radius 2 is 1.76 bits per heavy atom. The summed E-state index contributed by atoms with van der Waals surface area (Å²) in [5, 5.41) is 15.4. The highest BCUT2D eigenvalue weighted by molar-refractivity contribution is 7.10. The van der Waals surface area contributed by atoms with E-state index < -0.39 is 0 Å². The molecule has 1 amide bonds. The van der Waals surface area contributed by atoms with Gasteiger partial charge in [0.25, 0.3) is 0 Å². The van der Waals surface area contributed by atoms with Crippen molar-refractivity contribution in [3.05, 3.63) is 40.2 Å². The van der Waals surface area contributed by atoms with Crippen molar-refractivity contribution in [1.29, 1.82) is 5.41 Å². The summed E-state index contributed by atoms with van der Waals surface area (Å²) < 4.78 is 0. The van der Waals surface area contributed by atoms with Gasteiger partial charge in [-0.1, -0.05) is 29.8 Å². The summed E-state index contributed by atoms with van der Waals surface area (Å²) in [6.45, 7) is 10.8. The van der Waals surface area contributed by atoms with E-state index in [0.717, 1.165) is 29.1 Å². The predicted molar refractivity (Wildman–Crippen MR) is 119 cm³/mol. The van der Waals surface area contributed by atoms with Crippen LogP contribution in [0.1, 0.15) is 63.4 Å². The third kappa shape index (κ3) is 4.01. The first-order valence-corrected chi connectivity index (χ1v) is 11.1. The minimum atomic E-state index is -0.229. The monoisotopic (exact) mass is 410 g/mol. The summed E-state index contributed by atoms with van der Waals surface area (Å²) in [6.07, 6.45) is 2.05. The highest BCUT2D eigenvalue weighted by Crippen LogP contribution is 2.39. The second-order valence-corrected chi connectivity index (χ2v) is 10.7. The number of nitrogens with zero attached hydrogens (tertiary/aromatic N) is 2. The van der Waals surface area contributed by atoms with Gasteiger partial charge in [-0.3, -0.25) is 15.1 Å². The van der Waals surface area contributed by atoms with Gasteiger partial charge in [0.15, 0.2) is 0 Å². The van der Waals surface area contributed by atoms with Crippen molar-refractivity contribution in [2.45, 2.75) is 76.9 Å². The Hall–Kier alpha value is -2.05. The molecule has 154 valence electrons. The maximum absolute atomic E-state index is 12.9. The number of carbonyl (C=O) groups excluding carboxylic acids is 1. The largest absolute Gasteiger partial charge is 0.307 e. The lowest BCUT2D eigenvalue weighted by Crippen LogP contribution is -2.62. The third-order valence-electron chi connectivity index (χ3n) is 5.94. The lowest BCUT2D eigenvalue weighted by molar-refractivity contribution is -0.128. The summed E-state index contributed by atoms with van der Waals surface area (Å²) in [7, 11) is 0. The number of hydrogen-bond donors (Lipinski definition) is 2. The quantitative estimate of drug-likeness (QED) is 0.769. The minimum absolute atomic E-state index is 0.0581. The van der Waals surface area contributed by atoms with Crippen molar-refractivity contribution in [3.8, 4) is 11.3 Å². The van der Waals surface area contributed by atoms with Crippen molar-refractivity contribution in [2.75, 3.05) is 0 Å². The highest BCUT2D eigenvalue weighted by atomic mass is 32.1. The second-order valence-electron chi connectivity index (χ2n) is 9.80. The molecule has 1 unspecified atom stereocenters. The molecule has 2 N–H and O–H groups in total. The number of carbonyl (C=O) groups is 1. The number of nitrogens with one attached hydrogen (secondary N) is 2. The number of amides is 1. The van der Waals surface area contributed by atoms with Crippen LogP contribution < -0.4 is 5.32 Å². The Kier molecular flexibility index (Phi) is 4.90. The summed E-state index contributed by atoms with van der Waals surface area (Å²) in [6, 6.07) is 8.37. The fourth-order valence-electron chi connectivity index (χ4n) is 5.03. The van der Waals surface area contributed by atoms with Gasteiger partial charge >= 0.3 is 0 Å². The van der Waals surface area contributed by atoms with E-state index in [1.54, 1.807) is 16.2 Å². The molecule has 6 heteroatoms. The first kappa shape index (κ1) is 20.2. The van der Waals surface area contributed by atoms with Crippen LogP contribution in [0.2, 0.25) is 0 Å². The molecule has 2 aromatic rings. The van der Waals surface area contributed by atoms with Gasteiger partial charge in [-0.15, -0.1) is 11.3 Å². The van der Waals surface area contributed by atoms with Crippen LogP contribution in [-0.2, 0) is 4.79 Å². The van der Waals surface area contributed by atoms with E-state index in [1.165, 1.54) is 5.56 Å². The number of aromatic nitrogens is 1. The standard InChI is InChI=1S/C23H30N4OS/c1-14-6-8-15(9-7-14)18-13-29-21(25-18)17-10-19(28)27(20(17)24)16-11-22(2,3)26-23(4,5)12-16/h6-9,13,16-17,24,26H,10-12H2,1-5H3. The molecule has 1 aromatic heterocycles. The van der Waals surface area contributed by atoms with Gasteiger partial charge in [-0.2, -0.15) is 0 Å². The fraction of sp³-hybridized carbons (Fsp3) is 0.522. The van der Waals surface area contributed by atoms with Gasteiger partial charge in [0.05, 0.1) is 11.6 Å². The first-order valence-electron chi connectivity index (χ1n) is 10.3. The normalized spacial score (nSPS) is 24.3. The van der Waals surface area contributed by atoms with Crippen LogP contribution in [0.25, 0.3) is 11.3 Å². The molecule has 2 fully saturated rings. The SMILES string of the molecule is Cc1ccc(-c2csc(C3CC(=O)N(C4CC(C)(C)NC(C)(C)C4)C3=N)n2)cc1. The number of aryl methyl sites for hydroxylation is 1. The Labute approximate surface area is 177 Å². The molecule has 2 aliphatic rings. The van der Waals surface area contributed by atoms with Crippen LogP contribution in [0.5, 0.6) is 0 Å². The summed E-state index contributed by atoms with van der Waals surface area (Å²) in [5.74, 6) is 0.247. The Morgan fingerprint density at radius 3 is 2.38 bits per heavy atom. The van der Waals surface area contributed by atoms with Crippen LogP contribution in [0.4, 0.5) is 0 Å². The van der Waals surface area contributed by atoms with E-state index in [1.807, 2.05) is 5.38 Å². The van der Waals surface area contributed by atoms with Gasteiger partial charge < -0.3 is 5.32 Å². The zero-order valence-electron chi connectivity index (χ0n) is 17.9. The van der Waals surface area contributed by atoms with Crippen molar-refractivity contribution in [1.82, 2.24) is 15.2 Å². The van der Waals surface area contributed by atoms with E-state index in [4.69, 9.17) is 10.4 Å². The Balaban J connectivity index is 1.57. The smallest absolute Gasteiger partial charge is 0.229 e. The molecule has 3 heterocycles. The maximum atomic E-state index is 12.9. The molecule has 29 heavy (non-hydrogen) atoms. The predicted octanol–water partition coefficient (Wildman–Crippen LogP) is 4.72. The van der Waals surface area contributed by atoms with Gasteiger partial charge in [0.2, 0.25) is 5.91 Å². The van der Waals surface area contributed by atoms with Gasteiger partial charge in [0, 0.05) is 34.5 Å². The molecular formula is C23H30N4OS. The van der Waals surface area contributed by atoms with Crippen molar-refractivity contribution in [2.24, 2.45) is 0 Å². The number of piperidine rings is 1.